The smallest absolute Gasteiger partial charge is 0.234 e. The minimum atomic E-state index is 0.0123. The van der Waals surface area contributed by atoms with E-state index in [2.05, 4.69) is 26.1 Å². The molecule has 0 heterocycles. The predicted molar refractivity (Wildman–Crippen MR) is 85.0 cm³/mol. The standard InChI is InChI=1S/C16H34N2O2/c1-6-8-11-16(3,10-7-2)20-13-9-12-17-15(19)14-18(4)5/h6-14H2,1-5H3,(H,17,19). The first-order chi connectivity index (χ1) is 9.43. The maximum Gasteiger partial charge on any atom is 0.234 e. The molecule has 0 spiro atoms. The summed E-state index contributed by atoms with van der Waals surface area (Å²) in [5, 5.41) is 2.91. The van der Waals surface area contributed by atoms with Gasteiger partial charge in [-0.05, 0) is 40.3 Å². The molecule has 0 aromatic rings. The van der Waals surface area contributed by atoms with E-state index >= 15 is 0 Å². The molecule has 1 N–H and O–H groups in total. The number of amides is 1. The van der Waals surface area contributed by atoms with Gasteiger partial charge in [-0.1, -0.05) is 33.1 Å². The highest BCUT2D eigenvalue weighted by Crippen LogP contribution is 2.24. The zero-order valence-electron chi connectivity index (χ0n) is 14.1. The fourth-order valence-electron chi connectivity index (χ4n) is 2.31. The Morgan fingerprint density at radius 3 is 2.40 bits per heavy atom. The maximum atomic E-state index is 11.5. The van der Waals surface area contributed by atoms with Crippen molar-refractivity contribution in [1.29, 1.82) is 0 Å². The SMILES string of the molecule is CCCCC(C)(CCC)OCCCNC(=O)CN(C)C. The highest BCUT2D eigenvalue weighted by molar-refractivity contribution is 5.77. The first-order valence-corrected chi connectivity index (χ1v) is 7.99. The van der Waals surface area contributed by atoms with E-state index in [1.54, 1.807) is 0 Å². The molecule has 120 valence electrons. The molecule has 4 heteroatoms. The van der Waals surface area contributed by atoms with Gasteiger partial charge >= 0.3 is 0 Å². The third-order valence-corrected chi connectivity index (χ3v) is 3.39. The van der Waals surface area contributed by atoms with E-state index < -0.39 is 0 Å². The molecule has 1 amide bonds. The van der Waals surface area contributed by atoms with Gasteiger partial charge in [-0.3, -0.25) is 4.79 Å². The third kappa shape index (κ3) is 10.2. The Bertz CT molecular complexity index is 257. The van der Waals surface area contributed by atoms with Crippen molar-refractivity contribution in [3.05, 3.63) is 0 Å². The van der Waals surface area contributed by atoms with Crippen molar-refractivity contribution in [1.82, 2.24) is 10.2 Å². The van der Waals surface area contributed by atoms with Gasteiger partial charge in [0.25, 0.3) is 0 Å². The van der Waals surface area contributed by atoms with E-state index in [-0.39, 0.29) is 11.5 Å². The van der Waals surface area contributed by atoms with Gasteiger partial charge in [0, 0.05) is 13.2 Å². The molecule has 0 aliphatic heterocycles. The van der Waals surface area contributed by atoms with Crippen LogP contribution in [0.5, 0.6) is 0 Å². The van der Waals surface area contributed by atoms with E-state index in [0.717, 1.165) is 32.3 Å². The molecule has 0 rings (SSSR count). The van der Waals surface area contributed by atoms with Gasteiger partial charge in [-0.15, -0.1) is 0 Å². The Kier molecular flexibility index (Phi) is 10.8. The number of nitrogens with one attached hydrogen (secondary N) is 1. The largest absolute Gasteiger partial charge is 0.375 e. The lowest BCUT2D eigenvalue weighted by Crippen LogP contribution is -2.35. The second-order valence-electron chi connectivity index (χ2n) is 6.09. The Labute approximate surface area is 125 Å². The normalized spacial score (nSPS) is 14.3. The summed E-state index contributed by atoms with van der Waals surface area (Å²) in [4.78, 5) is 13.3. The lowest BCUT2D eigenvalue weighted by atomic mass is 9.93. The molecule has 0 aliphatic carbocycles. The molecule has 20 heavy (non-hydrogen) atoms. The van der Waals surface area contributed by atoms with E-state index in [9.17, 15) is 4.79 Å². The van der Waals surface area contributed by atoms with E-state index in [0.29, 0.717) is 13.1 Å². The number of carbonyl (C=O) groups excluding carboxylic acids is 1. The molecule has 0 radical (unpaired) electrons. The Hall–Kier alpha value is -0.610. The minimum Gasteiger partial charge on any atom is -0.375 e. The number of nitrogens with zero attached hydrogens (tertiary/aromatic N) is 1. The molecule has 0 fully saturated rings. The van der Waals surface area contributed by atoms with Gasteiger partial charge in [0.2, 0.25) is 5.91 Å². The molecule has 0 saturated carbocycles. The molecular weight excluding hydrogens is 252 g/mol. The molecule has 0 saturated heterocycles. The van der Waals surface area contributed by atoms with Gasteiger partial charge in [-0.2, -0.15) is 0 Å². The van der Waals surface area contributed by atoms with Crippen LogP contribution in [0.3, 0.4) is 0 Å². The van der Waals surface area contributed by atoms with Crippen molar-refractivity contribution in [3.8, 4) is 0 Å². The van der Waals surface area contributed by atoms with Crippen LogP contribution in [0.1, 0.15) is 59.3 Å². The summed E-state index contributed by atoms with van der Waals surface area (Å²) in [7, 11) is 3.79. The average molecular weight is 286 g/mol. The van der Waals surface area contributed by atoms with Crippen LogP contribution in [0.2, 0.25) is 0 Å². The van der Waals surface area contributed by atoms with Crippen LogP contribution in [0.15, 0.2) is 0 Å². The van der Waals surface area contributed by atoms with Crippen molar-refractivity contribution in [2.75, 3.05) is 33.8 Å². The summed E-state index contributed by atoms with van der Waals surface area (Å²) in [6, 6.07) is 0. The van der Waals surface area contributed by atoms with Gasteiger partial charge in [0.05, 0.1) is 12.1 Å². The molecule has 0 aliphatic rings. The number of rotatable bonds is 12. The minimum absolute atomic E-state index is 0.0123. The number of hydrogen-bond donors (Lipinski definition) is 1. The van der Waals surface area contributed by atoms with E-state index in [4.69, 9.17) is 4.74 Å². The average Bonchev–Trinajstić information content (AvgIpc) is 2.35. The summed E-state index contributed by atoms with van der Waals surface area (Å²) in [6.07, 6.45) is 6.70. The van der Waals surface area contributed by atoms with Crippen LogP contribution in [0.4, 0.5) is 0 Å². The first-order valence-electron chi connectivity index (χ1n) is 7.99. The Morgan fingerprint density at radius 2 is 1.85 bits per heavy atom. The monoisotopic (exact) mass is 286 g/mol. The second kappa shape index (κ2) is 11.1. The van der Waals surface area contributed by atoms with Crippen LogP contribution in [0.25, 0.3) is 0 Å². The van der Waals surface area contributed by atoms with Crippen LogP contribution < -0.4 is 5.32 Å². The number of ether oxygens (including phenoxy) is 1. The third-order valence-electron chi connectivity index (χ3n) is 3.39. The summed E-state index contributed by atoms with van der Waals surface area (Å²) in [5.74, 6) is 0.0808. The van der Waals surface area contributed by atoms with Crippen molar-refractivity contribution < 1.29 is 9.53 Å². The lowest BCUT2D eigenvalue weighted by Gasteiger charge is -2.30. The summed E-state index contributed by atoms with van der Waals surface area (Å²) in [6.45, 7) is 8.51. The topological polar surface area (TPSA) is 41.6 Å². The van der Waals surface area contributed by atoms with E-state index in [1.165, 1.54) is 12.8 Å². The van der Waals surface area contributed by atoms with Gasteiger partial charge in [0.1, 0.15) is 0 Å². The zero-order valence-corrected chi connectivity index (χ0v) is 14.1. The zero-order chi connectivity index (χ0) is 15.4. The molecule has 0 bridgehead atoms. The predicted octanol–water partition coefficient (Wildman–Crippen LogP) is 2.82. The number of hydrogen-bond acceptors (Lipinski definition) is 3. The maximum absolute atomic E-state index is 11.5. The van der Waals surface area contributed by atoms with Gasteiger partial charge < -0.3 is 15.0 Å². The fraction of sp³-hybridized carbons (Fsp3) is 0.938. The molecule has 1 atom stereocenters. The molecule has 4 nitrogen and oxygen atoms in total. The fourth-order valence-corrected chi connectivity index (χ4v) is 2.31. The summed E-state index contributed by atoms with van der Waals surface area (Å²) >= 11 is 0. The van der Waals surface area contributed by atoms with E-state index in [1.807, 2.05) is 19.0 Å². The first kappa shape index (κ1) is 19.4. The summed E-state index contributed by atoms with van der Waals surface area (Å²) in [5.41, 5.74) is 0.0123. The second-order valence-corrected chi connectivity index (χ2v) is 6.09. The molecule has 0 aromatic carbocycles. The molecule has 0 aromatic heterocycles. The number of carbonyl (C=O) groups is 1. The molecule has 1 unspecified atom stereocenters. The van der Waals surface area contributed by atoms with Crippen LogP contribution >= 0.6 is 0 Å². The number of likely N-dealkylation sites (N-methyl/N-ethyl adjacent to an activating group) is 1. The quantitative estimate of drug-likeness (QED) is 0.561. The van der Waals surface area contributed by atoms with Crippen LogP contribution in [0, 0.1) is 0 Å². The van der Waals surface area contributed by atoms with Gasteiger partial charge in [0.15, 0.2) is 0 Å². The van der Waals surface area contributed by atoms with Crippen molar-refractivity contribution in [2.24, 2.45) is 0 Å². The lowest BCUT2D eigenvalue weighted by molar-refractivity contribution is -0.121. The highest BCUT2D eigenvalue weighted by atomic mass is 16.5. The number of unbranched alkanes of at least 4 members (excludes halogenated alkanes) is 1. The summed E-state index contributed by atoms with van der Waals surface area (Å²) < 4.78 is 6.07. The van der Waals surface area contributed by atoms with Crippen LogP contribution in [-0.4, -0.2) is 50.2 Å². The van der Waals surface area contributed by atoms with Crippen molar-refractivity contribution in [3.63, 3.8) is 0 Å². The molecular formula is C16H34N2O2. The Balaban J connectivity index is 3.80. The van der Waals surface area contributed by atoms with Gasteiger partial charge in [-0.25, -0.2) is 0 Å². The van der Waals surface area contributed by atoms with Crippen molar-refractivity contribution in [2.45, 2.75) is 64.9 Å². The Morgan fingerprint density at radius 1 is 1.15 bits per heavy atom. The van der Waals surface area contributed by atoms with Crippen molar-refractivity contribution >= 4 is 5.91 Å². The van der Waals surface area contributed by atoms with Crippen LogP contribution in [-0.2, 0) is 9.53 Å². The highest BCUT2D eigenvalue weighted by Gasteiger charge is 2.22.